The lowest BCUT2D eigenvalue weighted by Gasteiger charge is -2.09. The van der Waals surface area contributed by atoms with Crippen molar-refractivity contribution in [2.24, 2.45) is 0 Å². The minimum Gasteiger partial charge on any atom is -0.282 e. The first-order valence-corrected chi connectivity index (χ1v) is 11.7. The maximum Gasteiger partial charge on any atom is 0.295 e. The second-order valence-corrected chi connectivity index (χ2v) is 10.2. The van der Waals surface area contributed by atoms with Crippen LogP contribution in [0.3, 0.4) is 0 Å². The van der Waals surface area contributed by atoms with Gasteiger partial charge in [-0.2, -0.15) is 16.8 Å². The quantitative estimate of drug-likeness (QED) is 0.516. The number of hydrogen-bond donors (Lipinski definition) is 2. The molecule has 24 heavy (non-hydrogen) atoms. The van der Waals surface area contributed by atoms with Gasteiger partial charge in [-0.1, -0.05) is 44.8 Å². The molecular weight excluding hydrogens is 439 g/mol. The summed E-state index contributed by atoms with van der Waals surface area (Å²) >= 11 is 11.4. The van der Waals surface area contributed by atoms with E-state index < -0.39 is 30.0 Å². The maximum atomic E-state index is 11.4. The van der Waals surface area contributed by atoms with Crippen LogP contribution in [0.4, 0.5) is 0 Å². The molecule has 2 aromatic rings. The van der Waals surface area contributed by atoms with Crippen LogP contribution >= 0.6 is 44.8 Å². The molecule has 130 valence electrons. The first-order valence-electron chi connectivity index (χ1n) is 5.87. The van der Waals surface area contributed by atoms with E-state index in [0.717, 1.165) is 33.7 Å². The number of benzene rings is 2. The molecule has 0 radical (unpaired) electrons. The first kappa shape index (κ1) is 19.9. The van der Waals surface area contributed by atoms with Crippen molar-refractivity contribution in [3.8, 4) is 0 Å². The van der Waals surface area contributed by atoms with Crippen molar-refractivity contribution < 1.29 is 25.9 Å². The second kappa shape index (κ2) is 7.42. The molecule has 0 saturated carbocycles. The fourth-order valence-electron chi connectivity index (χ4n) is 1.59. The van der Waals surface area contributed by atoms with Crippen LogP contribution in [0.1, 0.15) is 0 Å². The van der Waals surface area contributed by atoms with Gasteiger partial charge in [-0.15, -0.1) is 0 Å². The Kier molecular flexibility index (Phi) is 6.14. The van der Waals surface area contributed by atoms with Gasteiger partial charge < -0.3 is 0 Å². The van der Waals surface area contributed by atoms with Gasteiger partial charge in [0.15, 0.2) is 0 Å². The maximum absolute atomic E-state index is 11.4. The van der Waals surface area contributed by atoms with E-state index >= 15 is 0 Å². The molecule has 2 rings (SSSR count). The van der Waals surface area contributed by atoms with Crippen molar-refractivity contribution in [2.75, 3.05) is 0 Å². The Bertz CT molecular complexity index is 907. The zero-order valence-electron chi connectivity index (χ0n) is 11.4. The summed E-state index contributed by atoms with van der Waals surface area (Å²) in [5, 5.41) is 0.226. The third-order valence-corrected chi connectivity index (χ3v) is 7.59. The van der Waals surface area contributed by atoms with Crippen molar-refractivity contribution in [2.45, 2.75) is 19.6 Å². The average Bonchev–Trinajstić information content (AvgIpc) is 2.45. The SMILES string of the molecule is O=S(=O)(O)c1cc(Cl)ccc1SSc1ccc(Cl)cc1S(=O)(=O)O. The Morgan fingerprint density at radius 3 is 1.33 bits per heavy atom. The van der Waals surface area contributed by atoms with Gasteiger partial charge in [0.1, 0.15) is 9.79 Å². The van der Waals surface area contributed by atoms with Gasteiger partial charge in [0, 0.05) is 19.8 Å². The molecule has 2 aromatic carbocycles. The van der Waals surface area contributed by atoms with Gasteiger partial charge in [-0.05, 0) is 36.4 Å². The summed E-state index contributed by atoms with van der Waals surface area (Å²) in [5.41, 5.74) is 0. The Morgan fingerprint density at radius 1 is 0.708 bits per heavy atom. The summed E-state index contributed by atoms with van der Waals surface area (Å²) in [6, 6.07) is 7.73. The van der Waals surface area contributed by atoms with Crippen LogP contribution in [-0.2, 0) is 20.2 Å². The van der Waals surface area contributed by atoms with Crippen molar-refractivity contribution in [3.63, 3.8) is 0 Å². The van der Waals surface area contributed by atoms with Crippen LogP contribution in [0.2, 0.25) is 10.0 Å². The summed E-state index contributed by atoms with van der Waals surface area (Å²) in [4.78, 5) is -0.531. The lowest BCUT2D eigenvalue weighted by atomic mass is 10.4. The molecule has 0 amide bonds. The molecule has 0 saturated heterocycles. The van der Waals surface area contributed by atoms with E-state index in [1.165, 1.54) is 24.3 Å². The topological polar surface area (TPSA) is 109 Å². The van der Waals surface area contributed by atoms with Gasteiger partial charge in [0.25, 0.3) is 20.2 Å². The Morgan fingerprint density at radius 2 is 1.04 bits per heavy atom. The molecule has 0 unspecified atom stereocenters. The second-order valence-electron chi connectivity index (χ2n) is 4.30. The van der Waals surface area contributed by atoms with Crippen LogP contribution in [0.5, 0.6) is 0 Å². The average molecular weight is 447 g/mol. The highest BCUT2D eigenvalue weighted by Crippen LogP contribution is 2.43. The molecule has 0 aliphatic heterocycles. The Balaban J connectivity index is 2.40. The predicted octanol–water partition coefficient (Wildman–Crippen LogP) is 4.29. The Labute approximate surface area is 156 Å². The zero-order valence-corrected chi connectivity index (χ0v) is 16.2. The van der Waals surface area contributed by atoms with Gasteiger partial charge in [0.05, 0.1) is 0 Å². The lowest BCUT2D eigenvalue weighted by Crippen LogP contribution is -2.00. The van der Waals surface area contributed by atoms with Gasteiger partial charge >= 0.3 is 0 Å². The predicted molar refractivity (Wildman–Crippen MR) is 94.2 cm³/mol. The molecule has 0 bridgehead atoms. The first-order chi connectivity index (χ1) is 11.0. The van der Waals surface area contributed by atoms with Gasteiger partial charge in [-0.25, -0.2) is 0 Å². The monoisotopic (exact) mass is 446 g/mol. The number of rotatable bonds is 5. The van der Waals surface area contributed by atoms with Crippen molar-refractivity contribution in [1.82, 2.24) is 0 Å². The fraction of sp³-hybridized carbons (Fsp3) is 0. The fourth-order valence-corrected chi connectivity index (χ4v) is 6.58. The summed E-state index contributed by atoms with van der Waals surface area (Å²) in [5.74, 6) is 0. The molecule has 2 N–H and O–H groups in total. The Hall–Kier alpha value is -0.460. The molecule has 0 aliphatic rings. The van der Waals surface area contributed by atoms with Crippen molar-refractivity contribution in [1.29, 1.82) is 0 Å². The molecule has 0 atom stereocenters. The van der Waals surface area contributed by atoms with Crippen molar-refractivity contribution in [3.05, 3.63) is 46.4 Å². The van der Waals surface area contributed by atoms with E-state index in [2.05, 4.69) is 0 Å². The van der Waals surface area contributed by atoms with E-state index in [9.17, 15) is 25.9 Å². The smallest absolute Gasteiger partial charge is 0.282 e. The van der Waals surface area contributed by atoms with Gasteiger partial charge in [0.2, 0.25) is 0 Å². The molecule has 0 aliphatic carbocycles. The lowest BCUT2D eigenvalue weighted by molar-refractivity contribution is 0.478. The van der Waals surface area contributed by atoms with Crippen LogP contribution in [0, 0.1) is 0 Å². The van der Waals surface area contributed by atoms with Crippen LogP contribution in [0.25, 0.3) is 0 Å². The highest BCUT2D eigenvalue weighted by atomic mass is 35.5. The standard InChI is InChI=1S/C12H8Cl2O6S4/c13-7-1-3-9(11(5-7)23(15,16)17)21-22-10-4-2-8(14)6-12(10)24(18,19)20/h1-6H,(H,15,16,17)(H,18,19,20). The highest BCUT2D eigenvalue weighted by molar-refractivity contribution is 8.76. The molecule has 0 spiro atoms. The number of hydrogen-bond acceptors (Lipinski definition) is 6. The summed E-state index contributed by atoms with van der Waals surface area (Å²) in [6.07, 6.45) is 0. The van der Waals surface area contributed by atoms with Crippen LogP contribution < -0.4 is 0 Å². The summed E-state index contributed by atoms with van der Waals surface area (Å²) < 4.78 is 64.1. The van der Waals surface area contributed by atoms with E-state index in [1.54, 1.807) is 0 Å². The van der Waals surface area contributed by atoms with Crippen LogP contribution in [-0.4, -0.2) is 25.9 Å². The van der Waals surface area contributed by atoms with Crippen molar-refractivity contribution >= 4 is 65.0 Å². The van der Waals surface area contributed by atoms with E-state index in [0.29, 0.717) is 0 Å². The van der Waals surface area contributed by atoms with E-state index in [1.807, 2.05) is 0 Å². The molecule has 0 fully saturated rings. The highest BCUT2D eigenvalue weighted by Gasteiger charge is 2.20. The third kappa shape index (κ3) is 5.02. The summed E-state index contributed by atoms with van der Waals surface area (Å²) in [6.45, 7) is 0. The van der Waals surface area contributed by atoms with Crippen LogP contribution in [0.15, 0.2) is 56.0 Å². The van der Waals surface area contributed by atoms with E-state index in [4.69, 9.17) is 23.2 Å². The number of halogens is 2. The minimum absolute atomic E-state index is 0.113. The molecular formula is C12H8Cl2O6S4. The molecule has 0 aromatic heterocycles. The zero-order chi connectivity index (χ0) is 18.1. The minimum atomic E-state index is -4.51. The normalized spacial score (nSPS) is 12.3. The molecule has 6 nitrogen and oxygen atoms in total. The summed E-state index contributed by atoms with van der Waals surface area (Å²) in [7, 11) is -7.28. The molecule has 0 heterocycles. The van der Waals surface area contributed by atoms with Gasteiger partial charge in [-0.3, -0.25) is 9.11 Å². The molecule has 12 heteroatoms. The van der Waals surface area contributed by atoms with E-state index in [-0.39, 0.29) is 19.8 Å². The third-order valence-electron chi connectivity index (χ3n) is 2.59. The largest absolute Gasteiger partial charge is 0.295 e.